The second-order valence-corrected chi connectivity index (χ2v) is 15.3. The van der Waals surface area contributed by atoms with Gasteiger partial charge in [-0.3, -0.25) is 0 Å². The molecule has 0 saturated heterocycles. The molecule has 12 bridgehead atoms. The van der Waals surface area contributed by atoms with Crippen LogP contribution in [-0.2, 0) is 19.6 Å². The molecule has 11 aromatic rings. The summed E-state index contributed by atoms with van der Waals surface area (Å²) in [5.41, 5.74) is 19.3. The number of hydrogen-bond donors (Lipinski definition) is 0. The van der Waals surface area contributed by atoms with Crippen molar-refractivity contribution in [1.82, 2.24) is 13.7 Å². The van der Waals surface area contributed by atoms with E-state index >= 15 is 0 Å². The topological polar surface area (TPSA) is 14.8 Å². The van der Waals surface area contributed by atoms with Crippen LogP contribution in [0.4, 0.5) is 0 Å². The molecule has 252 valence electrons. The van der Waals surface area contributed by atoms with E-state index in [1.807, 2.05) is 0 Å². The predicted octanol–water partition coefficient (Wildman–Crippen LogP) is 12.8. The predicted molar refractivity (Wildman–Crippen MR) is 226 cm³/mol. The maximum Gasteiger partial charge on any atom is 0.0617 e. The lowest BCUT2D eigenvalue weighted by Crippen LogP contribution is -2.06. The molecule has 3 heteroatoms. The van der Waals surface area contributed by atoms with Crippen molar-refractivity contribution in [3.05, 3.63) is 180 Å². The minimum Gasteiger partial charge on any atom is -0.335 e. The van der Waals surface area contributed by atoms with Gasteiger partial charge in [-0.1, -0.05) is 127 Å². The molecule has 0 radical (unpaired) electrons. The van der Waals surface area contributed by atoms with E-state index in [0.717, 1.165) is 19.6 Å². The summed E-state index contributed by atoms with van der Waals surface area (Å²) in [7, 11) is 0. The average molecular weight is 688 g/mol. The molecule has 0 aliphatic carbocycles. The van der Waals surface area contributed by atoms with Crippen molar-refractivity contribution in [2.75, 3.05) is 0 Å². The van der Waals surface area contributed by atoms with Gasteiger partial charge in [-0.2, -0.15) is 0 Å². The summed E-state index contributed by atoms with van der Waals surface area (Å²) in [6, 6.07) is 62.0. The molecule has 8 aromatic carbocycles. The Balaban J connectivity index is 1.41. The van der Waals surface area contributed by atoms with Crippen LogP contribution in [0.3, 0.4) is 0 Å². The van der Waals surface area contributed by atoms with Gasteiger partial charge < -0.3 is 13.7 Å². The number of hydrogen-bond acceptors (Lipinski definition) is 0. The molecule has 0 fully saturated rings. The van der Waals surface area contributed by atoms with Crippen molar-refractivity contribution in [1.29, 1.82) is 0 Å². The normalized spacial score (nSPS) is 13.3. The average Bonchev–Trinajstić information content (AvgIpc) is 3.83. The van der Waals surface area contributed by atoms with Crippen molar-refractivity contribution < 1.29 is 0 Å². The summed E-state index contributed by atoms with van der Waals surface area (Å²) in [6.07, 6.45) is 0. The Bertz CT molecular complexity index is 3020. The van der Waals surface area contributed by atoms with Crippen LogP contribution in [0.5, 0.6) is 0 Å². The van der Waals surface area contributed by atoms with Gasteiger partial charge in [0.15, 0.2) is 0 Å². The molecule has 0 spiro atoms. The molecule has 0 N–H and O–H groups in total. The van der Waals surface area contributed by atoms with Crippen molar-refractivity contribution in [3.63, 3.8) is 0 Å². The van der Waals surface area contributed by atoms with Crippen LogP contribution in [0.15, 0.2) is 164 Å². The summed E-state index contributed by atoms with van der Waals surface area (Å²) >= 11 is 0. The van der Waals surface area contributed by atoms with Gasteiger partial charge in [0.2, 0.25) is 0 Å². The molecule has 3 nitrogen and oxygen atoms in total. The van der Waals surface area contributed by atoms with E-state index in [1.165, 1.54) is 115 Å². The summed E-state index contributed by atoms with van der Waals surface area (Å²) in [5.74, 6) is 0. The van der Waals surface area contributed by atoms with Gasteiger partial charge in [-0.15, -0.1) is 0 Å². The monoisotopic (exact) mass is 687 g/mol. The van der Waals surface area contributed by atoms with Crippen LogP contribution in [-0.4, -0.2) is 13.7 Å². The van der Waals surface area contributed by atoms with Crippen molar-refractivity contribution in [2.45, 2.75) is 19.6 Å². The molecule has 0 amide bonds. The number of nitrogens with zero attached hydrogens (tertiary/aromatic N) is 3. The second kappa shape index (κ2) is 10.4. The Morgan fingerprint density at radius 2 is 0.574 bits per heavy atom. The number of rotatable bonds is 0. The maximum absolute atomic E-state index is 2.65. The first-order valence-electron chi connectivity index (χ1n) is 19.0. The molecule has 3 aromatic heterocycles. The minimum absolute atomic E-state index is 0.757. The Morgan fingerprint density at radius 3 is 0.907 bits per heavy atom. The summed E-state index contributed by atoms with van der Waals surface area (Å²) in [5, 5.41) is 7.93. The molecule has 3 aliphatic heterocycles. The molecule has 0 atom stereocenters. The number of fused-ring (bicyclic) bond motifs is 3. The number of benzene rings is 8. The molecular weight excluding hydrogens is 655 g/mol. The van der Waals surface area contributed by atoms with E-state index in [1.54, 1.807) is 0 Å². The van der Waals surface area contributed by atoms with Crippen molar-refractivity contribution in [2.24, 2.45) is 0 Å². The van der Waals surface area contributed by atoms with E-state index in [-0.39, 0.29) is 0 Å². The first-order valence-corrected chi connectivity index (χ1v) is 19.0. The van der Waals surface area contributed by atoms with Gasteiger partial charge in [0.1, 0.15) is 0 Å². The summed E-state index contributed by atoms with van der Waals surface area (Å²) in [4.78, 5) is 0. The molecule has 54 heavy (non-hydrogen) atoms. The smallest absolute Gasteiger partial charge is 0.0617 e. The van der Waals surface area contributed by atoms with Crippen LogP contribution in [0.25, 0.3) is 98.8 Å². The molecule has 14 rings (SSSR count). The Kier molecular flexibility index (Phi) is 5.53. The van der Waals surface area contributed by atoms with Crippen molar-refractivity contribution in [3.8, 4) is 33.4 Å². The van der Waals surface area contributed by atoms with Gasteiger partial charge in [-0.05, 0) is 86.5 Å². The third kappa shape index (κ3) is 3.66. The van der Waals surface area contributed by atoms with Crippen molar-refractivity contribution >= 4 is 65.4 Å². The maximum atomic E-state index is 2.65. The van der Waals surface area contributed by atoms with E-state index in [0.29, 0.717) is 0 Å². The zero-order valence-corrected chi connectivity index (χ0v) is 29.6. The van der Waals surface area contributed by atoms with E-state index < -0.39 is 0 Å². The number of para-hydroxylation sites is 3. The first-order chi connectivity index (χ1) is 26.8. The van der Waals surface area contributed by atoms with Crippen LogP contribution in [0, 0.1) is 0 Å². The quantitative estimate of drug-likeness (QED) is 0.151. The fourth-order valence-corrected chi connectivity index (χ4v) is 10.3. The minimum atomic E-state index is 0.757. The van der Waals surface area contributed by atoms with Crippen LogP contribution >= 0.6 is 0 Å². The highest BCUT2D eigenvalue weighted by Crippen LogP contribution is 2.50. The van der Waals surface area contributed by atoms with Crippen LogP contribution in [0.1, 0.15) is 16.7 Å². The lowest BCUT2D eigenvalue weighted by molar-refractivity contribution is 0.863. The molecule has 3 aliphatic rings. The standard InChI is InChI=1S/C51H33N3/c1-4-16-37-31(13-1)28-52-43-22-10-7-19-40(43)46-49(52)47-41-20-8-11-23-44(41)53-29-32-14-2-5-17-38(32)35-25-34(37)26-36(27-35)39-18-6-3-15-33(39)30-54-45-24-12-9-21-42(45)48(50(46)54)51(47)53/h1-27H,28-30H2. The Hall–Kier alpha value is -6.84. The third-order valence-electron chi connectivity index (χ3n) is 12.5. The Morgan fingerprint density at radius 1 is 0.296 bits per heavy atom. The second-order valence-electron chi connectivity index (χ2n) is 15.3. The zero-order valence-electron chi connectivity index (χ0n) is 29.6. The molecular formula is C51H33N3. The molecule has 0 saturated carbocycles. The molecule has 0 unspecified atom stereocenters. The first kappa shape index (κ1) is 28.7. The van der Waals surface area contributed by atoms with E-state index in [4.69, 9.17) is 0 Å². The fourth-order valence-electron chi connectivity index (χ4n) is 10.3. The summed E-state index contributed by atoms with van der Waals surface area (Å²) in [6.45, 7) is 2.27. The van der Waals surface area contributed by atoms with E-state index in [2.05, 4.69) is 177 Å². The lowest BCUT2D eigenvalue weighted by Gasteiger charge is -2.21. The van der Waals surface area contributed by atoms with Gasteiger partial charge in [0.05, 0.1) is 16.6 Å². The number of aromatic nitrogens is 3. The van der Waals surface area contributed by atoms with Gasteiger partial charge in [0.25, 0.3) is 0 Å². The SMILES string of the molecule is c1ccc2c(c1)Cn1c3ccccc3c3c1c1c4ccccc4n4c1c1c5ccccc5n(c31)Cc1ccccc1-c1cc-2cc(c1)-c1ccccc1C4. The highest BCUT2D eigenvalue weighted by Gasteiger charge is 2.29. The third-order valence-corrected chi connectivity index (χ3v) is 12.5. The van der Waals surface area contributed by atoms with Gasteiger partial charge >= 0.3 is 0 Å². The van der Waals surface area contributed by atoms with Gasteiger partial charge in [-0.25, -0.2) is 0 Å². The fraction of sp³-hybridized carbons (Fsp3) is 0.0588. The largest absolute Gasteiger partial charge is 0.335 e. The highest BCUT2D eigenvalue weighted by atomic mass is 15.0. The highest BCUT2D eigenvalue weighted by molar-refractivity contribution is 6.39. The zero-order chi connectivity index (χ0) is 35.1. The van der Waals surface area contributed by atoms with Crippen LogP contribution in [0.2, 0.25) is 0 Å². The lowest BCUT2D eigenvalue weighted by atomic mass is 9.88. The summed E-state index contributed by atoms with van der Waals surface area (Å²) < 4.78 is 7.94. The molecule has 6 heterocycles. The van der Waals surface area contributed by atoms with Crippen LogP contribution < -0.4 is 0 Å². The van der Waals surface area contributed by atoms with E-state index in [9.17, 15) is 0 Å². The Labute approximate surface area is 311 Å². The van der Waals surface area contributed by atoms with Gasteiger partial charge in [0, 0.05) is 68.5 Å².